The Morgan fingerprint density at radius 1 is 1.56 bits per heavy atom. The van der Waals surface area contributed by atoms with Crippen molar-refractivity contribution in [3.8, 4) is 0 Å². The van der Waals surface area contributed by atoms with Crippen LogP contribution in [0.2, 0.25) is 0 Å². The van der Waals surface area contributed by atoms with Crippen LogP contribution in [0.1, 0.15) is 26.2 Å². The first kappa shape index (κ1) is 11.6. The van der Waals surface area contributed by atoms with Crippen LogP contribution in [0.5, 0.6) is 0 Å². The molecule has 2 fully saturated rings. The van der Waals surface area contributed by atoms with Gasteiger partial charge in [0.05, 0.1) is 19.1 Å². The first-order valence-corrected chi connectivity index (χ1v) is 5.72. The highest BCUT2D eigenvalue weighted by Gasteiger charge is 2.45. The smallest absolute Gasteiger partial charge is 0.306 e. The Balaban J connectivity index is 2.11. The number of hydrogen-bond donors (Lipinski definition) is 1. The molecule has 1 aliphatic heterocycles. The molecular formula is C12H18O4. The molecule has 2 aliphatic rings. The van der Waals surface area contributed by atoms with Crippen molar-refractivity contribution in [2.45, 2.75) is 32.0 Å². The number of carboxylic acid groups (broad SMARTS) is 1. The predicted octanol–water partition coefficient (Wildman–Crippen LogP) is 1.81. The molecule has 0 aromatic heterocycles. The third-order valence-corrected chi connectivity index (χ3v) is 3.69. The van der Waals surface area contributed by atoms with Gasteiger partial charge in [0.2, 0.25) is 0 Å². The maximum absolute atomic E-state index is 11.0. The number of allylic oxidation sites excluding steroid dienone is 1. The van der Waals surface area contributed by atoms with Crippen LogP contribution in [0.25, 0.3) is 0 Å². The van der Waals surface area contributed by atoms with E-state index < -0.39 is 17.7 Å². The van der Waals surface area contributed by atoms with Crippen LogP contribution >= 0.6 is 0 Å². The molecule has 1 heterocycles. The van der Waals surface area contributed by atoms with Gasteiger partial charge in [-0.3, -0.25) is 4.79 Å². The Hall–Kier alpha value is -0.870. The second kappa shape index (κ2) is 4.18. The molecule has 0 bridgehead atoms. The Labute approximate surface area is 95.2 Å². The molecule has 16 heavy (non-hydrogen) atoms. The predicted molar refractivity (Wildman–Crippen MR) is 57.9 cm³/mol. The van der Waals surface area contributed by atoms with E-state index in [1.54, 1.807) is 6.92 Å². The van der Waals surface area contributed by atoms with Gasteiger partial charge in [0.25, 0.3) is 0 Å². The summed E-state index contributed by atoms with van der Waals surface area (Å²) in [6, 6.07) is 0. The number of carbonyl (C=O) groups is 1. The van der Waals surface area contributed by atoms with Crippen LogP contribution in [0.15, 0.2) is 12.2 Å². The summed E-state index contributed by atoms with van der Waals surface area (Å²) in [5.41, 5.74) is 1.01. The van der Waals surface area contributed by atoms with Crippen molar-refractivity contribution in [2.75, 3.05) is 13.2 Å². The molecule has 1 spiro atoms. The van der Waals surface area contributed by atoms with Crippen LogP contribution in [0.4, 0.5) is 0 Å². The number of ether oxygens (including phenoxy) is 2. The standard InChI is InChI=1S/C12H18O4/c1-8-3-4-12(15-5-6-16-12)7-10(8)9(2)11(13)14/h9-10H,1,3-7H2,2H3,(H,13,14)/t9-,10-/m0/s1. The fourth-order valence-electron chi connectivity index (χ4n) is 2.58. The van der Waals surface area contributed by atoms with Gasteiger partial charge >= 0.3 is 5.97 Å². The van der Waals surface area contributed by atoms with E-state index in [2.05, 4.69) is 6.58 Å². The van der Waals surface area contributed by atoms with Crippen molar-refractivity contribution >= 4 is 5.97 Å². The Kier molecular flexibility index (Phi) is 3.04. The lowest BCUT2D eigenvalue weighted by Crippen LogP contribution is -2.40. The molecular weight excluding hydrogens is 208 g/mol. The van der Waals surface area contributed by atoms with Gasteiger partial charge in [-0.2, -0.15) is 0 Å². The Morgan fingerprint density at radius 2 is 2.19 bits per heavy atom. The zero-order chi connectivity index (χ0) is 11.8. The third-order valence-electron chi connectivity index (χ3n) is 3.69. The van der Waals surface area contributed by atoms with Crippen LogP contribution in [-0.4, -0.2) is 30.1 Å². The van der Waals surface area contributed by atoms with E-state index in [1.165, 1.54) is 0 Å². The van der Waals surface area contributed by atoms with Crippen molar-refractivity contribution in [1.29, 1.82) is 0 Å². The minimum absolute atomic E-state index is 0.0376. The molecule has 0 unspecified atom stereocenters. The minimum Gasteiger partial charge on any atom is -0.481 e. The first-order valence-electron chi connectivity index (χ1n) is 5.72. The van der Waals surface area contributed by atoms with Gasteiger partial charge in [0.1, 0.15) is 0 Å². The van der Waals surface area contributed by atoms with Crippen molar-refractivity contribution in [3.63, 3.8) is 0 Å². The zero-order valence-electron chi connectivity index (χ0n) is 9.57. The highest BCUT2D eigenvalue weighted by molar-refractivity contribution is 5.70. The fraction of sp³-hybridized carbons (Fsp3) is 0.750. The van der Waals surface area contributed by atoms with Gasteiger partial charge < -0.3 is 14.6 Å². The second-order valence-electron chi connectivity index (χ2n) is 4.70. The van der Waals surface area contributed by atoms with Crippen molar-refractivity contribution in [1.82, 2.24) is 0 Å². The van der Waals surface area contributed by atoms with Crippen LogP contribution in [-0.2, 0) is 14.3 Å². The summed E-state index contributed by atoms with van der Waals surface area (Å²) in [7, 11) is 0. The second-order valence-corrected chi connectivity index (χ2v) is 4.70. The Bertz CT molecular complexity index is 304. The molecule has 2 rings (SSSR count). The number of aliphatic carboxylic acids is 1. The molecule has 90 valence electrons. The average Bonchev–Trinajstić information content (AvgIpc) is 2.70. The lowest BCUT2D eigenvalue weighted by atomic mass is 9.75. The summed E-state index contributed by atoms with van der Waals surface area (Å²) in [4.78, 5) is 11.0. The number of carboxylic acids is 1. The Morgan fingerprint density at radius 3 is 2.75 bits per heavy atom. The van der Waals surface area contributed by atoms with Crippen LogP contribution in [0.3, 0.4) is 0 Å². The summed E-state index contributed by atoms with van der Waals surface area (Å²) in [5.74, 6) is -1.77. The summed E-state index contributed by atoms with van der Waals surface area (Å²) in [6.45, 7) is 6.93. The third kappa shape index (κ3) is 1.99. The molecule has 0 radical (unpaired) electrons. The molecule has 4 nitrogen and oxygen atoms in total. The lowest BCUT2D eigenvalue weighted by molar-refractivity contribution is -0.184. The summed E-state index contributed by atoms with van der Waals surface area (Å²) in [6.07, 6.45) is 2.22. The van der Waals surface area contributed by atoms with Crippen LogP contribution in [0, 0.1) is 11.8 Å². The van der Waals surface area contributed by atoms with E-state index in [0.717, 1.165) is 18.4 Å². The van der Waals surface area contributed by atoms with Crippen molar-refractivity contribution in [3.05, 3.63) is 12.2 Å². The minimum atomic E-state index is -0.777. The molecule has 1 N–H and O–H groups in total. The van der Waals surface area contributed by atoms with E-state index in [9.17, 15) is 4.79 Å². The van der Waals surface area contributed by atoms with Gasteiger partial charge in [-0.25, -0.2) is 0 Å². The fourth-order valence-corrected chi connectivity index (χ4v) is 2.58. The van der Waals surface area contributed by atoms with E-state index in [1.807, 2.05) is 0 Å². The summed E-state index contributed by atoms with van der Waals surface area (Å²) >= 11 is 0. The van der Waals surface area contributed by atoms with E-state index >= 15 is 0 Å². The van der Waals surface area contributed by atoms with E-state index in [0.29, 0.717) is 19.6 Å². The number of rotatable bonds is 2. The highest BCUT2D eigenvalue weighted by atomic mass is 16.7. The lowest BCUT2D eigenvalue weighted by Gasteiger charge is -2.39. The summed E-state index contributed by atoms with van der Waals surface area (Å²) < 4.78 is 11.3. The average molecular weight is 226 g/mol. The van der Waals surface area contributed by atoms with Crippen molar-refractivity contribution in [2.24, 2.45) is 11.8 Å². The van der Waals surface area contributed by atoms with E-state index in [-0.39, 0.29) is 5.92 Å². The monoisotopic (exact) mass is 226 g/mol. The molecule has 0 aromatic carbocycles. The molecule has 2 atom stereocenters. The first-order chi connectivity index (χ1) is 7.54. The SMILES string of the molecule is C=C1CCC2(C[C@@H]1[C@H](C)C(=O)O)OCCO2. The highest BCUT2D eigenvalue weighted by Crippen LogP contribution is 2.43. The van der Waals surface area contributed by atoms with Gasteiger partial charge in [-0.1, -0.05) is 19.1 Å². The number of hydrogen-bond acceptors (Lipinski definition) is 3. The maximum Gasteiger partial charge on any atom is 0.306 e. The van der Waals surface area contributed by atoms with Gasteiger partial charge in [0, 0.05) is 12.8 Å². The molecule has 1 saturated heterocycles. The molecule has 0 amide bonds. The van der Waals surface area contributed by atoms with Gasteiger partial charge in [-0.15, -0.1) is 0 Å². The van der Waals surface area contributed by atoms with Crippen molar-refractivity contribution < 1.29 is 19.4 Å². The molecule has 4 heteroatoms. The van der Waals surface area contributed by atoms with Crippen LogP contribution < -0.4 is 0 Å². The molecule has 1 aliphatic carbocycles. The normalized spacial score (nSPS) is 30.6. The molecule has 0 aromatic rings. The zero-order valence-corrected chi connectivity index (χ0v) is 9.57. The molecule has 1 saturated carbocycles. The van der Waals surface area contributed by atoms with E-state index in [4.69, 9.17) is 14.6 Å². The summed E-state index contributed by atoms with van der Waals surface area (Å²) in [5, 5.41) is 9.06. The quantitative estimate of drug-likeness (QED) is 0.729. The largest absolute Gasteiger partial charge is 0.481 e. The topological polar surface area (TPSA) is 55.8 Å². The van der Waals surface area contributed by atoms with Gasteiger partial charge in [-0.05, 0) is 12.3 Å². The maximum atomic E-state index is 11.0. The van der Waals surface area contributed by atoms with Gasteiger partial charge in [0.15, 0.2) is 5.79 Å².